The van der Waals surface area contributed by atoms with Gasteiger partial charge in [0, 0.05) is 5.92 Å². The fourth-order valence-electron chi connectivity index (χ4n) is 5.69. The van der Waals surface area contributed by atoms with Gasteiger partial charge < -0.3 is 15.1 Å². The third-order valence-electron chi connectivity index (χ3n) is 7.33. The number of hydrogen-bond donors (Lipinski definition) is 2. The Morgan fingerprint density at radius 3 is 2.71 bits per heavy atom. The van der Waals surface area contributed by atoms with Crippen LogP contribution >= 0.6 is 0 Å². The molecular formula is C25H43NO2. The molecule has 0 bridgehead atoms. The number of allylic oxidation sites excluding steroid dienone is 2. The van der Waals surface area contributed by atoms with Crippen molar-refractivity contribution in [2.75, 3.05) is 19.6 Å². The molecule has 2 N–H and O–H groups in total. The smallest absolute Gasteiger partial charge is 0.0721 e. The van der Waals surface area contributed by atoms with E-state index in [1.165, 1.54) is 71.0 Å². The second kappa shape index (κ2) is 11.5. The Labute approximate surface area is 172 Å². The van der Waals surface area contributed by atoms with Gasteiger partial charge in [0.25, 0.3) is 0 Å². The van der Waals surface area contributed by atoms with Crippen LogP contribution in [-0.2, 0) is 0 Å². The molecule has 3 heteroatoms. The molecule has 3 nitrogen and oxygen atoms in total. The number of aliphatic hydroxyl groups excluding tert-OH is 2. The lowest BCUT2D eigenvalue weighted by Gasteiger charge is -2.18. The van der Waals surface area contributed by atoms with Crippen molar-refractivity contribution in [2.45, 2.75) is 96.2 Å². The van der Waals surface area contributed by atoms with E-state index in [-0.39, 0.29) is 18.1 Å². The number of hydrogen-bond acceptors (Lipinski definition) is 3. The second-order valence-corrected chi connectivity index (χ2v) is 9.57. The normalized spacial score (nSPS) is 33.3. The van der Waals surface area contributed by atoms with Gasteiger partial charge in [-0.05, 0) is 89.3 Å². The number of rotatable bonds is 11. The van der Waals surface area contributed by atoms with E-state index in [2.05, 4.69) is 24.0 Å². The lowest BCUT2D eigenvalue weighted by molar-refractivity contribution is 0.139. The van der Waals surface area contributed by atoms with Crippen LogP contribution in [0.25, 0.3) is 0 Å². The Kier molecular flexibility index (Phi) is 9.07. The van der Waals surface area contributed by atoms with Crippen molar-refractivity contribution in [3.05, 3.63) is 23.8 Å². The van der Waals surface area contributed by atoms with Crippen LogP contribution in [0.1, 0.15) is 84.0 Å². The van der Waals surface area contributed by atoms with E-state index >= 15 is 0 Å². The number of unbranched alkanes of at least 4 members (excludes halogenated alkanes) is 4. The van der Waals surface area contributed by atoms with E-state index in [9.17, 15) is 10.2 Å². The zero-order valence-corrected chi connectivity index (χ0v) is 18.1. The maximum absolute atomic E-state index is 10.5. The van der Waals surface area contributed by atoms with Gasteiger partial charge in [0.1, 0.15) is 0 Å². The molecule has 0 unspecified atom stereocenters. The molecule has 1 aliphatic heterocycles. The maximum atomic E-state index is 10.5. The summed E-state index contributed by atoms with van der Waals surface area (Å²) in [5.41, 5.74) is 1.63. The molecule has 2 aliphatic carbocycles. The largest absolute Gasteiger partial charge is 0.392 e. The number of aliphatic hydroxyl groups is 2. The van der Waals surface area contributed by atoms with Crippen molar-refractivity contribution in [3.63, 3.8) is 0 Å². The second-order valence-electron chi connectivity index (χ2n) is 9.57. The van der Waals surface area contributed by atoms with Crippen LogP contribution in [0.15, 0.2) is 23.8 Å². The molecule has 3 fully saturated rings. The highest BCUT2D eigenvalue weighted by Gasteiger charge is 2.44. The van der Waals surface area contributed by atoms with Gasteiger partial charge in [0.2, 0.25) is 0 Å². The van der Waals surface area contributed by atoms with E-state index in [4.69, 9.17) is 0 Å². The lowest BCUT2D eigenvalue weighted by atomic mass is 9.90. The van der Waals surface area contributed by atoms with Crippen molar-refractivity contribution >= 4 is 0 Å². The van der Waals surface area contributed by atoms with Crippen molar-refractivity contribution in [1.29, 1.82) is 0 Å². The molecule has 3 rings (SSSR count). The first-order chi connectivity index (χ1) is 13.7. The van der Waals surface area contributed by atoms with Gasteiger partial charge in [-0.25, -0.2) is 0 Å². The van der Waals surface area contributed by atoms with Crippen LogP contribution in [-0.4, -0.2) is 47.0 Å². The monoisotopic (exact) mass is 389 g/mol. The molecule has 1 heterocycles. The minimum absolute atomic E-state index is 0.212. The molecular weight excluding hydrogens is 346 g/mol. The van der Waals surface area contributed by atoms with E-state index < -0.39 is 0 Å². The van der Waals surface area contributed by atoms with Gasteiger partial charge >= 0.3 is 0 Å². The zero-order valence-electron chi connectivity index (χ0n) is 18.1. The third kappa shape index (κ3) is 6.43. The highest BCUT2D eigenvalue weighted by atomic mass is 16.3. The van der Waals surface area contributed by atoms with E-state index in [1.54, 1.807) is 5.57 Å². The third-order valence-corrected chi connectivity index (χ3v) is 7.33. The summed E-state index contributed by atoms with van der Waals surface area (Å²) in [7, 11) is 0. The standard InChI is InChI=1S/C25H43NO2/c1-2-3-5-11-22(27)12-13-23-24-18-20(17-21(24)19-25(23)28)10-6-4-7-14-26-15-8-9-16-26/h10,12-13,21-25,27-28H,2-9,11,14-19H2,1H3/b13-12+,20-10+/t21-,22-,23+,24-,25+/m0/s1. The summed E-state index contributed by atoms with van der Waals surface area (Å²) in [6.45, 7) is 6.11. The Hall–Kier alpha value is -0.640. The quantitative estimate of drug-likeness (QED) is 0.382. The highest BCUT2D eigenvalue weighted by Crippen LogP contribution is 2.50. The van der Waals surface area contributed by atoms with Crippen molar-refractivity contribution in [3.8, 4) is 0 Å². The molecule has 1 saturated heterocycles. The fraction of sp³-hybridized carbons (Fsp3) is 0.840. The summed E-state index contributed by atoms with van der Waals surface area (Å²) in [6.07, 6.45) is 20.3. The first kappa shape index (κ1) is 22.1. The Bertz CT molecular complexity index is 509. The molecule has 5 atom stereocenters. The van der Waals surface area contributed by atoms with Gasteiger partial charge in [-0.2, -0.15) is 0 Å². The molecule has 0 aromatic carbocycles. The summed E-state index contributed by atoms with van der Waals surface area (Å²) in [5.74, 6) is 1.48. The SMILES string of the molecule is CCCCC[C@H](O)/C=C/[C@@H]1[C@H]2C/C(=C/CCCCN3CCCC3)C[C@H]2C[C@H]1O. The topological polar surface area (TPSA) is 43.7 Å². The van der Waals surface area contributed by atoms with Crippen molar-refractivity contribution in [2.24, 2.45) is 17.8 Å². The van der Waals surface area contributed by atoms with Gasteiger partial charge in [-0.15, -0.1) is 0 Å². The van der Waals surface area contributed by atoms with Gasteiger partial charge in [0.05, 0.1) is 12.2 Å². The van der Waals surface area contributed by atoms with Crippen LogP contribution in [0.3, 0.4) is 0 Å². The molecule has 0 radical (unpaired) electrons. The molecule has 0 amide bonds. The van der Waals surface area contributed by atoms with Gasteiger partial charge in [0.15, 0.2) is 0 Å². The predicted octanol–water partition coefficient (Wildman–Crippen LogP) is 5.08. The Morgan fingerprint density at radius 2 is 1.93 bits per heavy atom. The zero-order chi connectivity index (χ0) is 19.8. The molecule has 0 spiro atoms. The average molecular weight is 390 g/mol. The van der Waals surface area contributed by atoms with E-state index in [0.717, 1.165) is 25.7 Å². The maximum Gasteiger partial charge on any atom is 0.0721 e. The number of fused-ring (bicyclic) bond motifs is 1. The van der Waals surface area contributed by atoms with Crippen LogP contribution < -0.4 is 0 Å². The highest BCUT2D eigenvalue weighted by molar-refractivity contribution is 5.18. The van der Waals surface area contributed by atoms with E-state index in [1.807, 2.05) is 6.08 Å². The summed E-state index contributed by atoms with van der Waals surface area (Å²) in [6, 6.07) is 0. The first-order valence-electron chi connectivity index (χ1n) is 12.1. The molecule has 2 saturated carbocycles. The molecule has 0 aromatic heterocycles. The lowest BCUT2D eigenvalue weighted by Crippen LogP contribution is -2.20. The number of nitrogens with zero attached hydrogens (tertiary/aromatic N) is 1. The van der Waals surface area contributed by atoms with Crippen LogP contribution in [0.4, 0.5) is 0 Å². The predicted molar refractivity (Wildman–Crippen MR) is 117 cm³/mol. The summed E-state index contributed by atoms with van der Waals surface area (Å²) in [5, 5.41) is 20.7. The summed E-state index contributed by atoms with van der Waals surface area (Å²) < 4.78 is 0. The minimum atomic E-state index is -0.343. The molecule has 160 valence electrons. The fourth-order valence-corrected chi connectivity index (χ4v) is 5.69. The van der Waals surface area contributed by atoms with Crippen LogP contribution in [0.2, 0.25) is 0 Å². The summed E-state index contributed by atoms with van der Waals surface area (Å²) in [4.78, 5) is 2.61. The van der Waals surface area contributed by atoms with E-state index in [0.29, 0.717) is 11.8 Å². The van der Waals surface area contributed by atoms with Gasteiger partial charge in [-0.3, -0.25) is 0 Å². The van der Waals surface area contributed by atoms with Crippen LogP contribution in [0, 0.1) is 17.8 Å². The molecule has 0 aromatic rings. The van der Waals surface area contributed by atoms with Crippen LogP contribution in [0.5, 0.6) is 0 Å². The Morgan fingerprint density at radius 1 is 1.11 bits per heavy atom. The molecule has 28 heavy (non-hydrogen) atoms. The minimum Gasteiger partial charge on any atom is -0.392 e. The van der Waals surface area contributed by atoms with Crippen molar-refractivity contribution in [1.82, 2.24) is 4.90 Å². The van der Waals surface area contributed by atoms with Crippen molar-refractivity contribution < 1.29 is 10.2 Å². The average Bonchev–Trinajstić information content (AvgIpc) is 3.37. The summed E-state index contributed by atoms with van der Waals surface area (Å²) >= 11 is 0. The first-order valence-corrected chi connectivity index (χ1v) is 12.1. The Balaban J connectivity index is 1.39. The van der Waals surface area contributed by atoms with Gasteiger partial charge in [-0.1, -0.05) is 50.0 Å². The number of likely N-dealkylation sites (tertiary alicyclic amines) is 1. The molecule has 3 aliphatic rings.